The third-order valence-electron chi connectivity index (χ3n) is 5.17. The van der Waals surface area contributed by atoms with E-state index in [1.54, 1.807) is 17.9 Å². The van der Waals surface area contributed by atoms with Crippen LogP contribution >= 0.6 is 0 Å². The lowest BCUT2D eigenvalue weighted by atomic mass is 10.1. The number of carbonyl (C=O) groups excluding carboxylic acids is 1. The summed E-state index contributed by atoms with van der Waals surface area (Å²) >= 11 is 0. The number of amides is 2. The van der Waals surface area contributed by atoms with Crippen molar-refractivity contribution in [2.75, 3.05) is 10.2 Å². The van der Waals surface area contributed by atoms with Crippen LogP contribution in [-0.2, 0) is 20.1 Å². The van der Waals surface area contributed by atoms with Crippen LogP contribution in [-0.4, -0.2) is 26.9 Å². The minimum atomic E-state index is -1.28. The number of aryl methyl sites for hydroxylation is 1. The molecule has 1 aromatic heterocycles. The fraction of sp³-hybridized carbons (Fsp3) is 0.261. The Morgan fingerprint density at radius 1 is 1.15 bits per heavy atom. The van der Waals surface area contributed by atoms with Crippen LogP contribution < -0.4 is 15.5 Å². The predicted octanol–water partition coefficient (Wildman–Crippen LogP) is 4.54. The molecule has 0 saturated heterocycles. The van der Waals surface area contributed by atoms with Crippen LogP contribution in [0.1, 0.15) is 40.7 Å². The molecule has 3 aromatic rings. The van der Waals surface area contributed by atoms with Gasteiger partial charge >= 0.3 is 6.09 Å². The number of aromatic nitrogens is 2. The van der Waals surface area contributed by atoms with Crippen LogP contribution in [0.3, 0.4) is 0 Å². The Morgan fingerprint density at radius 2 is 1.91 bits per heavy atom. The monoisotopic (exact) mass is 455 g/mol. The molecule has 1 saturated carbocycles. The van der Waals surface area contributed by atoms with E-state index in [0.717, 1.165) is 6.07 Å². The largest absolute Gasteiger partial charge is 0.465 e. The number of halogens is 2. The molecule has 2 amide bonds. The summed E-state index contributed by atoms with van der Waals surface area (Å²) in [6, 6.07) is 7.85. The summed E-state index contributed by atoms with van der Waals surface area (Å²) in [5.41, 5.74) is 1.73. The van der Waals surface area contributed by atoms with E-state index in [1.165, 1.54) is 54.5 Å². The van der Waals surface area contributed by atoms with Gasteiger partial charge in [-0.1, -0.05) is 25.3 Å². The maximum atomic E-state index is 14.4. The molecule has 0 atom stereocenters. The first kappa shape index (κ1) is 22.3. The summed E-state index contributed by atoms with van der Waals surface area (Å²) in [5, 5.41) is 18.0. The second kappa shape index (κ2) is 9.27. The SMILES string of the molecule is C1CC1.Cn1ncc2c1Nc1cc(F)ccc1N(C(=O)c1ccc(CNC(=O)O)c(F)c1)C2. The molecule has 10 heteroatoms. The molecule has 0 unspecified atom stereocenters. The lowest BCUT2D eigenvalue weighted by Gasteiger charge is -2.23. The average molecular weight is 455 g/mol. The second-order valence-corrected chi connectivity index (χ2v) is 7.85. The summed E-state index contributed by atoms with van der Waals surface area (Å²) in [6.45, 7) is -0.0675. The molecule has 1 aliphatic heterocycles. The first-order valence-electron chi connectivity index (χ1n) is 10.5. The molecule has 0 bridgehead atoms. The molecule has 0 spiro atoms. The zero-order valence-electron chi connectivity index (χ0n) is 17.9. The summed E-state index contributed by atoms with van der Waals surface area (Å²) < 4.78 is 29.9. The normalized spacial score (nSPS) is 13.5. The molecular weight excluding hydrogens is 432 g/mol. The van der Waals surface area contributed by atoms with Gasteiger partial charge in [0.05, 0.1) is 24.1 Å². The standard InChI is InChI=1S/C20H17F2N5O3.C3H6/c1-26-18-13(9-24-26)10-27(17-5-4-14(21)7-16(17)25-18)19(28)11-2-3-12(15(22)6-11)8-23-20(29)30;1-2-3-1/h2-7,9,23,25H,8,10H2,1H3,(H,29,30);1-3H2. The van der Waals surface area contributed by atoms with E-state index in [0.29, 0.717) is 22.8 Å². The van der Waals surface area contributed by atoms with Crippen molar-refractivity contribution < 1.29 is 23.5 Å². The van der Waals surface area contributed by atoms with Crippen molar-refractivity contribution in [3.05, 3.63) is 70.9 Å². The van der Waals surface area contributed by atoms with Gasteiger partial charge in [-0.15, -0.1) is 0 Å². The number of hydrogen-bond acceptors (Lipinski definition) is 4. The van der Waals surface area contributed by atoms with Gasteiger partial charge in [-0.2, -0.15) is 5.10 Å². The minimum absolute atomic E-state index is 0.0780. The third-order valence-corrected chi connectivity index (χ3v) is 5.17. The fourth-order valence-electron chi connectivity index (χ4n) is 3.32. The van der Waals surface area contributed by atoms with Crippen LogP contribution in [0.25, 0.3) is 0 Å². The van der Waals surface area contributed by atoms with E-state index in [9.17, 15) is 18.4 Å². The van der Waals surface area contributed by atoms with Gasteiger partial charge in [0.1, 0.15) is 17.5 Å². The first-order chi connectivity index (χ1) is 15.8. The van der Waals surface area contributed by atoms with Crippen molar-refractivity contribution in [2.24, 2.45) is 7.05 Å². The molecule has 2 aromatic carbocycles. The van der Waals surface area contributed by atoms with Gasteiger partial charge in [0.15, 0.2) is 0 Å². The Morgan fingerprint density at radius 3 is 2.58 bits per heavy atom. The fourth-order valence-corrected chi connectivity index (χ4v) is 3.32. The summed E-state index contributed by atoms with van der Waals surface area (Å²) in [7, 11) is 1.72. The maximum Gasteiger partial charge on any atom is 0.404 e. The number of benzene rings is 2. The smallest absolute Gasteiger partial charge is 0.404 e. The molecule has 8 nitrogen and oxygen atoms in total. The predicted molar refractivity (Wildman–Crippen MR) is 119 cm³/mol. The van der Waals surface area contributed by atoms with E-state index in [2.05, 4.69) is 15.7 Å². The van der Waals surface area contributed by atoms with Crippen molar-refractivity contribution in [3.63, 3.8) is 0 Å². The number of carbonyl (C=O) groups is 2. The van der Waals surface area contributed by atoms with Gasteiger partial charge in [-0.3, -0.25) is 9.48 Å². The number of rotatable bonds is 3. The van der Waals surface area contributed by atoms with Gasteiger partial charge in [-0.25, -0.2) is 13.6 Å². The highest BCUT2D eigenvalue weighted by Gasteiger charge is 2.27. The highest BCUT2D eigenvalue weighted by molar-refractivity contribution is 6.08. The quantitative estimate of drug-likeness (QED) is 0.539. The lowest BCUT2D eigenvalue weighted by Crippen LogP contribution is -2.30. The van der Waals surface area contributed by atoms with Gasteiger partial charge in [0.2, 0.25) is 0 Å². The summed E-state index contributed by atoms with van der Waals surface area (Å²) in [4.78, 5) is 25.3. The molecule has 3 N–H and O–H groups in total. The molecule has 2 heterocycles. The van der Waals surface area contributed by atoms with E-state index in [4.69, 9.17) is 5.11 Å². The molecule has 5 rings (SSSR count). The Kier molecular flexibility index (Phi) is 6.25. The maximum absolute atomic E-state index is 14.4. The van der Waals surface area contributed by atoms with E-state index in [1.807, 2.05) is 0 Å². The average Bonchev–Trinajstić information content (AvgIpc) is 3.63. The highest BCUT2D eigenvalue weighted by Crippen LogP contribution is 2.36. The topological polar surface area (TPSA) is 99.5 Å². The van der Waals surface area contributed by atoms with Crippen molar-refractivity contribution in [1.82, 2.24) is 15.1 Å². The third kappa shape index (κ3) is 5.11. The molecule has 1 aliphatic carbocycles. The Balaban J connectivity index is 0.000000799. The number of anilines is 3. The van der Waals surface area contributed by atoms with E-state index < -0.39 is 23.6 Å². The van der Waals surface area contributed by atoms with Crippen LogP contribution in [0.4, 0.5) is 30.8 Å². The number of fused-ring (bicyclic) bond motifs is 2. The minimum Gasteiger partial charge on any atom is -0.465 e. The Bertz CT molecular complexity index is 1210. The molecule has 33 heavy (non-hydrogen) atoms. The van der Waals surface area contributed by atoms with Crippen LogP contribution in [0, 0.1) is 11.6 Å². The van der Waals surface area contributed by atoms with Crippen molar-refractivity contribution in [1.29, 1.82) is 0 Å². The summed E-state index contributed by atoms with van der Waals surface area (Å²) in [5.74, 6) is -1.04. The van der Waals surface area contributed by atoms with E-state index in [-0.39, 0.29) is 24.2 Å². The second-order valence-electron chi connectivity index (χ2n) is 7.85. The molecular formula is C23H23F2N5O3. The van der Waals surface area contributed by atoms with Crippen molar-refractivity contribution in [2.45, 2.75) is 32.4 Å². The number of carboxylic acid groups (broad SMARTS) is 1. The molecule has 172 valence electrons. The summed E-state index contributed by atoms with van der Waals surface area (Å²) in [6.07, 6.45) is 4.83. The van der Waals surface area contributed by atoms with E-state index >= 15 is 0 Å². The zero-order chi connectivity index (χ0) is 23.5. The Hall–Kier alpha value is -3.95. The molecule has 1 fully saturated rings. The van der Waals surface area contributed by atoms with Crippen LogP contribution in [0.15, 0.2) is 42.6 Å². The lowest BCUT2D eigenvalue weighted by molar-refractivity contribution is 0.0985. The number of nitrogens with zero attached hydrogens (tertiary/aromatic N) is 3. The molecule has 2 aliphatic rings. The number of hydrogen-bond donors (Lipinski definition) is 3. The van der Waals surface area contributed by atoms with Gasteiger partial charge in [-0.05, 0) is 30.3 Å². The molecule has 0 radical (unpaired) electrons. The van der Waals surface area contributed by atoms with Crippen molar-refractivity contribution >= 4 is 29.2 Å². The Labute approximate surface area is 188 Å². The van der Waals surface area contributed by atoms with Crippen LogP contribution in [0.2, 0.25) is 0 Å². The van der Waals surface area contributed by atoms with Gasteiger partial charge in [0.25, 0.3) is 5.91 Å². The highest BCUT2D eigenvalue weighted by atomic mass is 19.1. The van der Waals surface area contributed by atoms with Gasteiger partial charge < -0.3 is 20.6 Å². The number of nitrogens with one attached hydrogen (secondary N) is 2. The first-order valence-corrected chi connectivity index (χ1v) is 10.5. The van der Waals surface area contributed by atoms with Crippen LogP contribution in [0.5, 0.6) is 0 Å². The van der Waals surface area contributed by atoms with Gasteiger partial charge in [0, 0.05) is 30.3 Å². The zero-order valence-corrected chi connectivity index (χ0v) is 17.9. The van der Waals surface area contributed by atoms with Crippen molar-refractivity contribution in [3.8, 4) is 0 Å².